The second kappa shape index (κ2) is 7.60. The number of sulfonamides is 2. The third kappa shape index (κ3) is 4.77. The fourth-order valence-electron chi connectivity index (χ4n) is 2.93. The van der Waals surface area contributed by atoms with E-state index in [9.17, 15) is 26.7 Å². The first-order valence-electron chi connectivity index (χ1n) is 9.07. The highest BCUT2D eigenvalue weighted by atomic mass is 32.2. The van der Waals surface area contributed by atoms with E-state index in [0.717, 1.165) is 6.07 Å². The Morgan fingerprint density at radius 1 is 1.20 bits per heavy atom. The van der Waals surface area contributed by atoms with Gasteiger partial charge in [-0.2, -0.15) is 0 Å². The van der Waals surface area contributed by atoms with Gasteiger partial charge in [-0.25, -0.2) is 21.6 Å². The van der Waals surface area contributed by atoms with E-state index < -0.39 is 36.6 Å². The summed E-state index contributed by atoms with van der Waals surface area (Å²) in [5.74, 6) is -1.34. The fraction of sp³-hybridized carbons (Fsp3) is 0.389. The van der Waals surface area contributed by atoms with Gasteiger partial charge in [-0.05, 0) is 57.5 Å². The van der Waals surface area contributed by atoms with Crippen molar-refractivity contribution >= 4 is 37.3 Å². The van der Waals surface area contributed by atoms with Crippen LogP contribution in [0.15, 0.2) is 39.8 Å². The molecule has 3 rings (SSSR count). The summed E-state index contributed by atoms with van der Waals surface area (Å²) in [7, 11) is -7.39. The van der Waals surface area contributed by atoms with Gasteiger partial charge in [0.05, 0.1) is 17.1 Å². The number of nitrogens with zero attached hydrogens (tertiary/aromatic N) is 1. The number of nitrogens with one attached hydrogen (secondary N) is 2. The highest BCUT2D eigenvalue weighted by Gasteiger charge is 2.29. The summed E-state index contributed by atoms with van der Waals surface area (Å²) < 4.78 is 57.6. The first-order chi connectivity index (χ1) is 13.8. The standard InChI is InChI=1S/C18H23N3O7S2/c1-18(2,3)20-30(26,27)16-8-7-15(28-16)17(23)19-13-11-12(5-6-14(13)22)21-9-4-10-29(21,24)25/h5-8,11,20,22H,4,9-10H2,1-3H3,(H,19,23). The number of furan rings is 1. The van der Waals surface area contributed by atoms with Gasteiger partial charge in [0.15, 0.2) is 5.76 Å². The van der Waals surface area contributed by atoms with E-state index in [4.69, 9.17) is 4.42 Å². The van der Waals surface area contributed by atoms with Crippen LogP contribution in [-0.2, 0) is 20.0 Å². The van der Waals surface area contributed by atoms with Crippen molar-refractivity contribution in [3.63, 3.8) is 0 Å². The van der Waals surface area contributed by atoms with Crippen molar-refractivity contribution in [1.82, 2.24) is 4.72 Å². The maximum atomic E-state index is 12.5. The van der Waals surface area contributed by atoms with Crippen molar-refractivity contribution in [3.8, 4) is 5.75 Å². The lowest BCUT2D eigenvalue weighted by Crippen LogP contribution is -2.40. The van der Waals surface area contributed by atoms with Crippen molar-refractivity contribution < 1.29 is 31.2 Å². The number of rotatable bonds is 5. The number of carbonyl (C=O) groups is 1. The Labute approximate surface area is 175 Å². The van der Waals surface area contributed by atoms with Crippen LogP contribution in [0.2, 0.25) is 0 Å². The minimum Gasteiger partial charge on any atom is -0.506 e. The van der Waals surface area contributed by atoms with Crippen LogP contribution in [0.3, 0.4) is 0 Å². The van der Waals surface area contributed by atoms with E-state index in [2.05, 4.69) is 10.0 Å². The first-order valence-corrected chi connectivity index (χ1v) is 12.2. The highest BCUT2D eigenvalue weighted by Crippen LogP contribution is 2.32. The van der Waals surface area contributed by atoms with Gasteiger partial charge in [-0.3, -0.25) is 9.10 Å². The molecule has 164 valence electrons. The lowest BCUT2D eigenvalue weighted by Gasteiger charge is -2.19. The Kier molecular flexibility index (Phi) is 5.60. The Morgan fingerprint density at radius 2 is 1.90 bits per heavy atom. The predicted octanol–water partition coefficient (Wildman–Crippen LogP) is 1.85. The van der Waals surface area contributed by atoms with E-state index >= 15 is 0 Å². The van der Waals surface area contributed by atoms with Crippen LogP contribution >= 0.6 is 0 Å². The fourth-order valence-corrected chi connectivity index (χ4v) is 5.84. The number of anilines is 2. The van der Waals surface area contributed by atoms with Gasteiger partial charge >= 0.3 is 0 Å². The molecule has 0 aliphatic carbocycles. The molecule has 3 N–H and O–H groups in total. The van der Waals surface area contributed by atoms with Crippen molar-refractivity contribution in [2.24, 2.45) is 0 Å². The van der Waals surface area contributed by atoms with Crippen molar-refractivity contribution in [3.05, 3.63) is 36.1 Å². The van der Waals surface area contributed by atoms with E-state index in [-0.39, 0.29) is 22.9 Å². The van der Waals surface area contributed by atoms with E-state index in [1.165, 1.54) is 28.6 Å². The molecule has 0 bridgehead atoms. The van der Waals surface area contributed by atoms with Crippen molar-refractivity contribution in [2.75, 3.05) is 21.9 Å². The lowest BCUT2D eigenvalue weighted by molar-refractivity contribution is 0.0991. The largest absolute Gasteiger partial charge is 0.506 e. The second-order valence-electron chi connectivity index (χ2n) is 7.87. The Hall–Kier alpha value is -2.57. The molecular weight excluding hydrogens is 434 g/mol. The topological polar surface area (TPSA) is 146 Å². The average molecular weight is 458 g/mol. The molecule has 10 nitrogen and oxygen atoms in total. The maximum Gasteiger partial charge on any atom is 0.291 e. The van der Waals surface area contributed by atoms with Crippen LogP contribution < -0.4 is 14.3 Å². The number of amides is 1. The molecule has 1 saturated heterocycles. The number of phenolic OH excluding ortho intramolecular Hbond substituents is 1. The number of hydrogen-bond donors (Lipinski definition) is 3. The van der Waals surface area contributed by atoms with Gasteiger partial charge in [0, 0.05) is 12.1 Å². The molecule has 0 atom stereocenters. The van der Waals surface area contributed by atoms with E-state index in [1.54, 1.807) is 20.8 Å². The number of hydrogen-bond acceptors (Lipinski definition) is 7. The smallest absolute Gasteiger partial charge is 0.291 e. The van der Waals surface area contributed by atoms with Gasteiger partial charge in [0.1, 0.15) is 5.75 Å². The normalized spacial score (nSPS) is 16.6. The molecular formula is C18H23N3O7S2. The molecule has 0 unspecified atom stereocenters. The number of aromatic hydroxyl groups is 1. The Balaban J connectivity index is 1.82. The van der Waals surface area contributed by atoms with Gasteiger partial charge in [0.2, 0.25) is 15.1 Å². The molecule has 1 fully saturated rings. The number of phenols is 1. The molecule has 0 spiro atoms. The number of carbonyl (C=O) groups excluding carboxylic acids is 1. The monoisotopic (exact) mass is 457 g/mol. The van der Waals surface area contributed by atoms with Gasteiger partial charge in [-0.1, -0.05) is 0 Å². The van der Waals surface area contributed by atoms with Crippen LogP contribution in [-0.4, -0.2) is 45.7 Å². The molecule has 1 aromatic heterocycles. The van der Waals surface area contributed by atoms with E-state index in [1.807, 2.05) is 0 Å². The van der Waals surface area contributed by atoms with Gasteiger partial charge in [0.25, 0.3) is 15.9 Å². The third-order valence-corrected chi connectivity index (χ3v) is 7.63. The summed E-state index contributed by atoms with van der Waals surface area (Å²) in [5, 5.41) is 12.0. The number of benzene rings is 1. The summed E-state index contributed by atoms with van der Waals surface area (Å²) in [6, 6.07) is 6.37. The summed E-state index contributed by atoms with van der Waals surface area (Å²) >= 11 is 0. The zero-order chi connectivity index (χ0) is 22.3. The average Bonchev–Trinajstić information content (AvgIpc) is 3.22. The third-order valence-electron chi connectivity index (χ3n) is 4.13. The van der Waals surface area contributed by atoms with Crippen molar-refractivity contribution in [1.29, 1.82) is 0 Å². The zero-order valence-electron chi connectivity index (χ0n) is 16.7. The molecule has 0 radical (unpaired) electrons. The molecule has 30 heavy (non-hydrogen) atoms. The van der Waals surface area contributed by atoms with E-state index in [0.29, 0.717) is 18.7 Å². The maximum absolute atomic E-state index is 12.5. The van der Waals surface area contributed by atoms with Crippen molar-refractivity contribution in [2.45, 2.75) is 37.8 Å². The Bertz CT molecular complexity index is 1180. The molecule has 0 saturated carbocycles. The van der Waals surface area contributed by atoms with Crippen LogP contribution in [0.5, 0.6) is 5.75 Å². The summed E-state index contributed by atoms with van der Waals surface area (Å²) in [6.07, 6.45) is 0.483. The highest BCUT2D eigenvalue weighted by molar-refractivity contribution is 7.93. The molecule has 2 aromatic rings. The minimum atomic E-state index is -3.96. The summed E-state index contributed by atoms with van der Waals surface area (Å²) in [4.78, 5) is 12.5. The molecule has 12 heteroatoms. The molecule has 1 aromatic carbocycles. The second-order valence-corrected chi connectivity index (χ2v) is 11.5. The summed E-state index contributed by atoms with van der Waals surface area (Å²) in [5.41, 5.74) is -0.471. The van der Waals surface area contributed by atoms with Crippen LogP contribution in [0, 0.1) is 0 Å². The van der Waals surface area contributed by atoms with Crippen LogP contribution in [0.1, 0.15) is 37.7 Å². The lowest BCUT2D eigenvalue weighted by atomic mass is 10.1. The molecule has 1 amide bonds. The predicted molar refractivity (Wildman–Crippen MR) is 111 cm³/mol. The molecule has 1 aliphatic rings. The minimum absolute atomic E-state index is 0.0296. The van der Waals surface area contributed by atoms with Gasteiger partial charge in [-0.15, -0.1) is 0 Å². The first kappa shape index (κ1) is 22.1. The Morgan fingerprint density at radius 3 is 2.50 bits per heavy atom. The van der Waals surface area contributed by atoms with Crippen LogP contribution in [0.25, 0.3) is 0 Å². The van der Waals surface area contributed by atoms with Crippen LogP contribution in [0.4, 0.5) is 11.4 Å². The van der Waals surface area contributed by atoms with Gasteiger partial charge < -0.3 is 14.8 Å². The summed E-state index contributed by atoms with van der Waals surface area (Å²) in [6.45, 7) is 5.30. The zero-order valence-corrected chi connectivity index (χ0v) is 18.3. The molecule has 2 heterocycles. The molecule has 1 aliphatic heterocycles. The quantitative estimate of drug-likeness (QED) is 0.581. The SMILES string of the molecule is CC(C)(C)NS(=O)(=O)c1ccc(C(=O)Nc2cc(N3CCCS3(=O)=O)ccc2O)o1.